The van der Waals surface area contributed by atoms with Crippen molar-refractivity contribution in [2.24, 2.45) is 0 Å². The standard InChI is InChI=1S/C21H20ClNO/c22-20-14-8-7-13-19(20)21(23-15-16-24,17-9-3-1-4-10-17)18-11-5-2-6-12-18/h1-14,23-24H,15-16H2. The summed E-state index contributed by atoms with van der Waals surface area (Å²) in [5, 5.41) is 13.7. The number of hydrogen-bond acceptors (Lipinski definition) is 2. The highest BCUT2D eigenvalue weighted by Crippen LogP contribution is 2.39. The molecule has 0 spiro atoms. The molecule has 2 nitrogen and oxygen atoms in total. The molecule has 122 valence electrons. The van der Waals surface area contributed by atoms with Crippen molar-refractivity contribution >= 4 is 11.6 Å². The summed E-state index contributed by atoms with van der Waals surface area (Å²) in [6.07, 6.45) is 0. The van der Waals surface area contributed by atoms with Gasteiger partial charge in [0.15, 0.2) is 0 Å². The fourth-order valence-corrected chi connectivity index (χ4v) is 3.44. The van der Waals surface area contributed by atoms with Crippen LogP contribution in [-0.2, 0) is 5.54 Å². The summed E-state index contributed by atoms with van der Waals surface area (Å²) in [6.45, 7) is 0.501. The maximum absolute atomic E-state index is 9.44. The molecule has 0 unspecified atom stereocenters. The largest absolute Gasteiger partial charge is 0.395 e. The van der Waals surface area contributed by atoms with E-state index in [1.54, 1.807) is 0 Å². The minimum absolute atomic E-state index is 0.0475. The van der Waals surface area contributed by atoms with E-state index in [1.165, 1.54) is 0 Å². The van der Waals surface area contributed by atoms with E-state index in [0.717, 1.165) is 16.7 Å². The molecule has 0 aliphatic carbocycles. The van der Waals surface area contributed by atoms with Gasteiger partial charge in [-0.2, -0.15) is 0 Å². The van der Waals surface area contributed by atoms with Gasteiger partial charge < -0.3 is 5.11 Å². The molecule has 3 aromatic carbocycles. The second-order valence-corrected chi connectivity index (χ2v) is 6.02. The van der Waals surface area contributed by atoms with Crippen LogP contribution in [0.2, 0.25) is 5.02 Å². The molecule has 0 saturated heterocycles. The van der Waals surface area contributed by atoms with Gasteiger partial charge in [0.25, 0.3) is 0 Å². The monoisotopic (exact) mass is 337 g/mol. The average molecular weight is 338 g/mol. The van der Waals surface area contributed by atoms with Gasteiger partial charge in [-0.1, -0.05) is 90.5 Å². The van der Waals surface area contributed by atoms with Crippen molar-refractivity contribution in [3.63, 3.8) is 0 Å². The van der Waals surface area contributed by atoms with Crippen molar-refractivity contribution in [2.75, 3.05) is 13.2 Å². The first-order chi connectivity index (χ1) is 11.8. The van der Waals surface area contributed by atoms with Crippen LogP contribution >= 0.6 is 11.6 Å². The van der Waals surface area contributed by atoms with Crippen LogP contribution in [0.15, 0.2) is 84.9 Å². The minimum Gasteiger partial charge on any atom is -0.395 e. The van der Waals surface area contributed by atoms with Crippen molar-refractivity contribution < 1.29 is 5.11 Å². The van der Waals surface area contributed by atoms with E-state index in [-0.39, 0.29) is 6.61 Å². The van der Waals surface area contributed by atoms with E-state index >= 15 is 0 Å². The molecule has 3 aromatic rings. The molecule has 0 radical (unpaired) electrons. The normalized spacial score (nSPS) is 11.4. The third-order valence-corrected chi connectivity index (χ3v) is 4.52. The van der Waals surface area contributed by atoms with Crippen LogP contribution in [0.25, 0.3) is 0 Å². The summed E-state index contributed by atoms with van der Waals surface area (Å²) in [5.41, 5.74) is 2.51. The Morgan fingerprint density at radius 1 is 0.750 bits per heavy atom. The molecule has 0 heterocycles. The van der Waals surface area contributed by atoms with Crippen LogP contribution in [0.3, 0.4) is 0 Å². The molecule has 0 aliphatic heterocycles. The van der Waals surface area contributed by atoms with Gasteiger partial charge in [0.1, 0.15) is 0 Å². The van der Waals surface area contributed by atoms with Crippen LogP contribution in [0.1, 0.15) is 16.7 Å². The van der Waals surface area contributed by atoms with Crippen molar-refractivity contribution in [1.82, 2.24) is 5.32 Å². The number of halogens is 1. The molecule has 0 aromatic heterocycles. The first kappa shape index (κ1) is 16.7. The Bertz CT molecular complexity index is 735. The molecule has 0 bridgehead atoms. The Hall–Kier alpha value is -2.13. The Balaban J connectivity index is 2.31. The third-order valence-electron chi connectivity index (χ3n) is 4.19. The summed E-state index contributed by atoms with van der Waals surface area (Å²) in [4.78, 5) is 0. The summed E-state index contributed by atoms with van der Waals surface area (Å²) in [6, 6.07) is 28.3. The number of hydrogen-bond donors (Lipinski definition) is 2. The van der Waals surface area contributed by atoms with Crippen LogP contribution in [0.4, 0.5) is 0 Å². The van der Waals surface area contributed by atoms with Gasteiger partial charge in [0, 0.05) is 11.6 Å². The summed E-state index contributed by atoms with van der Waals surface area (Å²) < 4.78 is 0. The highest BCUT2D eigenvalue weighted by molar-refractivity contribution is 6.31. The van der Waals surface area contributed by atoms with Gasteiger partial charge in [0.05, 0.1) is 12.1 Å². The Morgan fingerprint density at radius 2 is 1.25 bits per heavy atom. The summed E-state index contributed by atoms with van der Waals surface area (Å²) in [7, 11) is 0. The van der Waals surface area contributed by atoms with Crippen molar-refractivity contribution in [3.8, 4) is 0 Å². The van der Waals surface area contributed by atoms with Gasteiger partial charge in [0.2, 0.25) is 0 Å². The van der Waals surface area contributed by atoms with E-state index < -0.39 is 5.54 Å². The highest BCUT2D eigenvalue weighted by atomic mass is 35.5. The summed E-state index contributed by atoms with van der Waals surface area (Å²) >= 11 is 6.58. The van der Waals surface area contributed by atoms with Crippen LogP contribution in [-0.4, -0.2) is 18.3 Å². The lowest BCUT2D eigenvalue weighted by Crippen LogP contribution is -2.46. The van der Waals surface area contributed by atoms with E-state index in [9.17, 15) is 5.11 Å². The Morgan fingerprint density at radius 3 is 1.75 bits per heavy atom. The van der Waals surface area contributed by atoms with Gasteiger partial charge in [-0.25, -0.2) is 0 Å². The molecule has 3 heteroatoms. The fraction of sp³-hybridized carbons (Fsp3) is 0.143. The molecule has 0 saturated carbocycles. The Labute approximate surface area is 147 Å². The fourth-order valence-electron chi connectivity index (χ4n) is 3.16. The molecular formula is C21H20ClNO. The smallest absolute Gasteiger partial charge is 0.0963 e. The number of benzene rings is 3. The van der Waals surface area contributed by atoms with E-state index in [2.05, 4.69) is 29.6 Å². The predicted octanol–water partition coefficient (Wildman–Crippen LogP) is 4.21. The van der Waals surface area contributed by atoms with Crippen LogP contribution < -0.4 is 5.32 Å². The molecule has 2 N–H and O–H groups in total. The zero-order chi connectivity index (χ0) is 16.8. The SMILES string of the molecule is OCCNC(c1ccccc1)(c1ccccc1)c1ccccc1Cl. The molecular weight excluding hydrogens is 318 g/mol. The quantitative estimate of drug-likeness (QED) is 0.660. The molecule has 0 amide bonds. The Kier molecular flexibility index (Phi) is 5.31. The molecule has 24 heavy (non-hydrogen) atoms. The maximum atomic E-state index is 9.44. The number of aliphatic hydroxyl groups excluding tert-OH is 1. The zero-order valence-electron chi connectivity index (χ0n) is 13.3. The third kappa shape index (κ3) is 3.09. The van der Waals surface area contributed by atoms with Crippen molar-refractivity contribution in [2.45, 2.75) is 5.54 Å². The number of rotatable bonds is 6. The van der Waals surface area contributed by atoms with Gasteiger partial charge >= 0.3 is 0 Å². The molecule has 0 atom stereocenters. The highest BCUT2D eigenvalue weighted by Gasteiger charge is 2.37. The van der Waals surface area contributed by atoms with E-state index in [1.807, 2.05) is 60.7 Å². The lowest BCUT2D eigenvalue weighted by molar-refractivity contribution is 0.277. The van der Waals surface area contributed by atoms with Gasteiger partial charge in [-0.3, -0.25) is 5.32 Å². The zero-order valence-corrected chi connectivity index (χ0v) is 14.1. The van der Waals surface area contributed by atoms with Crippen molar-refractivity contribution in [3.05, 3.63) is 107 Å². The van der Waals surface area contributed by atoms with Gasteiger partial charge in [-0.15, -0.1) is 0 Å². The number of nitrogens with one attached hydrogen (secondary N) is 1. The second kappa shape index (κ2) is 7.63. The topological polar surface area (TPSA) is 32.3 Å². The van der Waals surface area contributed by atoms with Gasteiger partial charge in [-0.05, 0) is 22.8 Å². The first-order valence-electron chi connectivity index (χ1n) is 8.01. The minimum atomic E-state index is -0.621. The number of aliphatic hydroxyl groups is 1. The first-order valence-corrected chi connectivity index (χ1v) is 8.39. The van der Waals surface area contributed by atoms with Crippen LogP contribution in [0, 0.1) is 0 Å². The maximum Gasteiger partial charge on any atom is 0.0963 e. The lowest BCUT2D eigenvalue weighted by Gasteiger charge is -2.37. The van der Waals surface area contributed by atoms with Crippen molar-refractivity contribution in [1.29, 1.82) is 0 Å². The predicted molar refractivity (Wildman–Crippen MR) is 99.3 cm³/mol. The van der Waals surface area contributed by atoms with E-state index in [0.29, 0.717) is 11.6 Å². The lowest BCUT2D eigenvalue weighted by atomic mass is 9.77. The molecule has 0 fully saturated rings. The average Bonchev–Trinajstić information content (AvgIpc) is 2.65. The second-order valence-electron chi connectivity index (χ2n) is 5.61. The van der Waals surface area contributed by atoms with E-state index in [4.69, 9.17) is 11.6 Å². The van der Waals surface area contributed by atoms with Crippen LogP contribution in [0.5, 0.6) is 0 Å². The summed E-state index contributed by atoms with van der Waals surface area (Å²) in [5.74, 6) is 0. The molecule has 3 rings (SSSR count). The molecule has 0 aliphatic rings.